The number of aromatic nitrogens is 4. The van der Waals surface area contributed by atoms with Crippen molar-refractivity contribution in [2.75, 3.05) is 0 Å². The molecule has 0 amide bonds. The van der Waals surface area contributed by atoms with E-state index in [-0.39, 0.29) is 20.1 Å². The molecule has 0 fully saturated rings. The van der Waals surface area contributed by atoms with Crippen LogP contribution in [0.2, 0.25) is 0 Å². The number of rotatable bonds is 9. The summed E-state index contributed by atoms with van der Waals surface area (Å²) >= 11 is 0. The first-order chi connectivity index (χ1) is 29.9. The van der Waals surface area contributed by atoms with E-state index in [4.69, 9.17) is 19.9 Å². The first-order valence-corrected chi connectivity index (χ1v) is 20.6. The number of benzene rings is 7. The molecule has 0 aliphatic heterocycles. The van der Waals surface area contributed by atoms with Crippen molar-refractivity contribution in [3.63, 3.8) is 0 Å². The number of fused-ring (bicyclic) bond motifs is 2. The zero-order chi connectivity index (χ0) is 41.4. The number of hydrogen-bond acceptors (Lipinski definition) is 4. The van der Waals surface area contributed by atoms with E-state index in [0.29, 0.717) is 5.82 Å². The molecule has 0 bridgehead atoms. The van der Waals surface area contributed by atoms with Gasteiger partial charge in [-0.1, -0.05) is 104 Å². The Labute approximate surface area is 376 Å². The van der Waals surface area contributed by atoms with Gasteiger partial charge in [-0.3, -0.25) is 15.0 Å². The van der Waals surface area contributed by atoms with Crippen molar-refractivity contribution in [2.45, 2.75) is 31.6 Å². The van der Waals surface area contributed by atoms with Crippen LogP contribution in [0, 0.1) is 25.1 Å². The average Bonchev–Trinajstić information content (AvgIpc) is 3.33. The van der Waals surface area contributed by atoms with Crippen molar-refractivity contribution < 1.29 is 20.1 Å². The van der Waals surface area contributed by atoms with E-state index in [9.17, 15) is 0 Å². The van der Waals surface area contributed by atoms with E-state index >= 15 is 0 Å². The van der Waals surface area contributed by atoms with Gasteiger partial charge in [0.05, 0.1) is 22.3 Å². The standard InChI is InChI=1S/C57H41N4.Ir/c1-39-33-46(54-50-37-44-19-10-11-20-45(44)38-51(50)60-55(61-54)57(3,47-22-8-5-9-23-47)53-26-13-15-32-59-53)36-49(34-39)56(2,52-25-12-14-31-58-52)48-24-16-21-43(35-48)42-29-27-41(28-30-42)40-17-6-4-7-18-40;/h4-22,25-35,37-38H,1-3H3;/q-3;+3. The molecule has 298 valence electrons. The summed E-state index contributed by atoms with van der Waals surface area (Å²) in [5.41, 5.74) is 11.3. The van der Waals surface area contributed by atoms with Crippen LogP contribution in [0.5, 0.6) is 0 Å². The summed E-state index contributed by atoms with van der Waals surface area (Å²) in [7, 11) is 0. The van der Waals surface area contributed by atoms with Crippen LogP contribution in [0.25, 0.3) is 55.2 Å². The molecule has 0 spiro atoms. The van der Waals surface area contributed by atoms with Crippen LogP contribution in [0.15, 0.2) is 194 Å². The Hall–Kier alpha value is -6.91. The van der Waals surface area contributed by atoms with E-state index in [1.165, 1.54) is 11.1 Å². The Kier molecular flexibility index (Phi) is 11.0. The van der Waals surface area contributed by atoms with Crippen LogP contribution < -0.4 is 0 Å². The first-order valence-electron chi connectivity index (χ1n) is 20.6. The molecular weight excluding hydrogens is 933 g/mol. The van der Waals surface area contributed by atoms with Gasteiger partial charge in [0.15, 0.2) is 0 Å². The fraction of sp³-hybridized carbons (Fsp3) is 0.0877. The number of hydrogen-bond donors (Lipinski definition) is 0. The van der Waals surface area contributed by atoms with Crippen molar-refractivity contribution in [3.05, 3.63) is 252 Å². The number of aryl methyl sites for hydroxylation is 1. The molecule has 3 aromatic heterocycles. The van der Waals surface area contributed by atoms with Crippen molar-refractivity contribution >= 4 is 21.7 Å². The van der Waals surface area contributed by atoms with Gasteiger partial charge in [0.1, 0.15) is 5.82 Å². The maximum atomic E-state index is 5.57. The molecule has 10 aromatic rings. The van der Waals surface area contributed by atoms with E-state index < -0.39 is 10.8 Å². The zero-order valence-electron chi connectivity index (χ0n) is 34.6. The predicted molar refractivity (Wildman–Crippen MR) is 247 cm³/mol. The molecule has 10 rings (SSSR count). The third-order valence-electron chi connectivity index (χ3n) is 12.1. The molecule has 2 atom stereocenters. The molecule has 5 heteroatoms. The first kappa shape index (κ1) is 40.5. The monoisotopic (exact) mass is 974 g/mol. The van der Waals surface area contributed by atoms with Crippen molar-refractivity contribution in [2.24, 2.45) is 0 Å². The Morgan fingerprint density at radius 1 is 0.468 bits per heavy atom. The summed E-state index contributed by atoms with van der Waals surface area (Å²) in [6.45, 7) is 6.53. The second-order valence-electron chi connectivity index (χ2n) is 16.0. The van der Waals surface area contributed by atoms with Gasteiger partial charge in [-0.05, 0) is 82.7 Å². The largest absolute Gasteiger partial charge is 3.00 e. The number of pyridine rings is 2. The van der Waals surface area contributed by atoms with Gasteiger partial charge in [-0.2, -0.15) is 54.6 Å². The molecule has 2 unspecified atom stereocenters. The third-order valence-corrected chi connectivity index (χ3v) is 12.1. The summed E-state index contributed by atoms with van der Waals surface area (Å²) in [5.74, 6) is 0.634. The molecule has 0 radical (unpaired) electrons. The summed E-state index contributed by atoms with van der Waals surface area (Å²) in [6, 6.07) is 74.2. The van der Waals surface area contributed by atoms with Gasteiger partial charge < -0.3 is 0 Å². The number of nitrogens with zero attached hydrogens (tertiary/aromatic N) is 4. The topological polar surface area (TPSA) is 51.6 Å². The summed E-state index contributed by atoms with van der Waals surface area (Å²) in [5, 5.41) is 3.17. The smallest absolute Gasteiger partial charge is 0.281 e. The molecule has 0 aliphatic carbocycles. The molecule has 7 aromatic carbocycles. The van der Waals surface area contributed by atoms with Gasteiger partial charge in [-0.25, -0.2) is 4.98 Å². The zero-order valence-corrected chi connectivity index (χ0v) is 37.0. The van der Waals surface area contributed by atoms with Crippen LogP contribution in [0.1, 0.15) is 53.3 Å². The Morgan fingerprint density at radius 2 is 1.08 bits per heavy atom. The molecule has 3 heterocycles. The third kappa shape index (κ3) is 7.34. The molecule has 0 aliphatic rings. The van der Waals surface area contributed by atoms with Crippen LogP contribution in [0.4, 0.5) is 0 Å². The van der Waals surface area contributed by atoms with E-state index in [2.05, 4.69) is 166 Å². The Morgan fingerprint density at radius 3 is 1.76 bits per heavy atom. The molecular formula is C57H41IrN4. The molecule has 4 nitrogen and oxygen atoms in total. The van der Waals surface area contributed by atoms with Crippen molar-refractivity contribution in [1.82, 2.24) is 19.9 Å². The fourth-order valence-corrected chi connectivity index (χ4v) is 8.59. The second-order valence-corrected chi connectivity index (χ2v) is 16.0. The van der Waals surface area contributed by atoms with E-state index in [1.54, 1.807) is 0 Å². The normalized spacial score (nSPS) is 13.2. The minimum absolute atomic E-state index is 0. The molecule has 62 heavy (non-hydrogen) atoms. The summed E-state index contributed by atoms with van der Waals surface area (Å²) in [4.78, 5) is 20.9. The molecule has 0 saturated carbocycles. The van der Waals surface area contributed by atoms with Gasteiger partial charge in [0.2, 0.25) is 0 Å². The second kappa shape index (κ2) is 16.9. The minimum Gasteiger partial charge on any atom is -0.281 e. The molecule has 0 saturated heterocycles. The summed E-state index contributed by atoms with van der Waals surface area (Å²) < 4.78 is 0. The predicted octanol–water partition coefficient (Wildman–Crippen LogP) is 13.0. The van der Waals surface area contributed by atoms with E-state index in [0.717, 1.165) is 77.7 Å². The maximum Gasteiger partial charge on any atom is 3.00 e. The van der Waals surface area contributed by atoms with E-state index in [1.807, 2.05) is 67.0 Å². The fourth-order valence-electron chi connectivity index (χ4n) is 8.59. The van der Waals surface area contributed by atoms with Crippen LogP contribution in [0.3, 0.4) is 0 Å². The van der Waals surface area contributed by atoms with Crippen LogP contribution in [-0.4, -0.2) is 19.9 Å². The van der Waals surface area contributed by atoms with Crippen molar-refractivity contribution in [3.8, 4) is 33.5 Å². The van der Waals surface area contributed by atoms with Gasteiger partial charge in [-0.15, -0.1) is 51.6 Å². The van der Waals surface area contributed by atoms with Gasteiger partial charge in [0, 0.05) is 17.8 Å². The Bertz CT molecular complexity index is 3120. The summed E-state index contributed by atoms with van der Waals surface area (Å²) in [6.07, 6.45) is 3.70. The van der Waals surface area contributed by atoms with Crippen LogP contribution >= 0.6 is 0 Å². The van der Waals surface area contributed by atoms with Crippen LogP contribution in [-0.2, 0) is 30.9 Å². The van der Waals surface area contributed by atoms with Gasteiger partial charge >= 0.3 is 20.1 Å². The average molecular weight is 974 g/mol. The maximum absolute atomic E-state index is 5.57. The van der Waals surface area contributed by atoms with Gasteiger partial charge in [0.25, 0.3) is 0 Å². The van der Waals surface area contributed by atoms with Crippen molar-refractivity contribution in [1.29, 1.82) is 0 Å². The SMILES string of the molecule is Cc1cc(-c2nc(C(C)(c3[c-]cccc3)c3ccccn3)nc3cc4ccccc4cc23)[c-]c(C(C)(c2[c-]ccc(-c3ccc(-c4ccccc4)cc3)c2)c2ccccn2)c1.[Ir+3]. The Balaban J connectivity index is 0.00000490. The quantitative estimate of drug-likeness (QED) is 0.107. The minimum atomic E-state index is -0.819. The molecule has 0 N–H and O–H groups in total.